The summed E-state index contributed by atoms with van der Waals surface area (Å²) in [5.41, 5.74) is 3.12. The molecule has 6 nitrogen and oxygen atoms in total. The number of benzene rings is 2. The van der Waals surface area contributed by atoms with Crippen molar-refractivity contribution in [2.75, 3.05) is 0 Å². The normalized spacial score (nSPS) is 21.7. The van der Waals surface area contributed by atoms with Crippen LogP contribution in [0.25, 0.3) is 22.2 Å². The summed E-state index contributed by atoms with van der Waals surface area (Å²) in [6.07, 6.45) is 4.60. The van der Waals surface area contributed by atoms with Crippen molar-refractivity contribution in [3.8, 4) is 17.3 Å². The highest BCUT2D eigenvalue weighted by Crippen LogP contribution is 2.46. The molecule has 6 rings (SSSR count). The highest BCUT2D eigenvalue weighted by Gasteiger charge is 2.38. The van der Waals surface area contributed by atoms with Crippen molar-refractivity contribution < 1.29 is 14.4 Å². The fourth-order valence-corrected chi connectivity index (χ4v) is 5.83. The van der Waals surface area contributed by atoms with Crippen LogP contribution in [0, 0.1) is 11.3 Å². The van der Waals surface area contributed by atoms with Crippen LogP contribution in [0.2, 0.25) is 10.0 Å². The molecule has 2 heterocycles. The van der Waals surface area contributed by atoms with E-state index in [2.05, 4.69) is 11.2 Å². The fourth-order valence-electron chi connectivity index (χ4n) is 5.25. The molecular weight excluding hydrogens is 509 g/mol. The number of nitriles is 1. The second-order valence-corrected chi connectivity index (χ2v) is 10.8. The molecule has 0 aliphatic heterocycles. The first-order valence-corrected chi connectivity index (χ1v) is 13.3. The van der Waals surface area contributed by atoms with E-state index >= 15 is 0 Å². The molecule has 2 aliphatic rings. The van der Waals surface area contributed by atoms with Gasteiger partial charge < -0.3 is 14.4 Å². The van der Waals surface area contributed by atoms with Crippen LogP contribution in [0.3, 0.4) is 0 Å². The van der Waals surface area contributed by atoms with Gasteiger partial charge in [-0.2, -0.15) is 5.26 Å². The predicted octanol–water partition coefficient (Wildman–Crippen LogP) is 7.29. The molecule has 0 radical (unpaired) electrons. The topological polar surface area (TPSA) is 92.2 Å². The fraction of sp³-hybridized carbons (Fsp3) is 0.345. The number of rotatable bonds is 6. The summed E-state index contributed by atoms with van der Waals surface area (Å²) in [7, 11) is 0. The average molecular weight is 534 g/mol. The van der Waals surface area contributed by atoms with E-state index in [0.717, 1.165) is 29.6 Å². The molecule has 0 saturated heterocycles. The van der Waals surface area contributed by atoms with Crippen molar-refractivity contribution >= 4 is 34.1 Å². The Bertz CT molecular complexity index is 1490. The number of fused-ring (bicyclic) bond motifs is 1. The van der Waals surface area contributed by atoms with Gasteiger partial charge in [0.15, 0.2) is 0 Å². The number of ether oxygens (including phenoxy) is 1. The van der Waals surface area contributed by atoms with Crippen molar-refractivity contribution in [2.45, 2.75) is 62.8 Å². The molecule has 0 spiro atoms. The van der Waals surface area contributed by atoms with E-state index < -0.39 is 5.60 Å². The predicted molar refractivity (Wildman–Crippen MR) is 141 cm³/mol. The van der Waals surface area contributed by atoms with E-state index in [0.29, 0.717) is 76.3 Å². The minimum atomic E-state index is -1.02. The van der Waals surface area contributed by atoms with Crippen LogP contribution in [0.5, 0.6) is 0 Å². The number of hydrogen-bond donors (Lipinski definition) is 1. The Hall–Kier alpha value is -2.95. The molecule has 1 N–H and O–H groups in total. The highest BCUT2D eigenvalue weighted by atomic mass is 35.5. The first-order chi connectivity index (χ1) is 18.0. The van der Waals surface area contributed by atoms with E-state index in [4.69, 9.17) is 37.4 Å². The summed E-state index contributed by atoms with van der Waals surface area (Å²) in [4.78, 5) is 4.70. The molecule has 8 heteroatoms. The smallest absolute Gasteiger partial charge is 0.145 e. The number of halogens is 2. The van der Waals surface area contributed by atoms with Gasteiger partial charge in [0.2, 0.25) is 0 Å². The monoisotopic (exact) mass is 533 g/mol. The lowest BCUT2D eigenvalue weighted by Gasteiger charge is -2.35. The molecule has 0 bridgehead atoms. The van der Waals surface area contributed by atoms with Crippen LogP contribution in [0.15, 0.2) is 53.1 Å². The molecule has 188 valence electrons. The second-order valence-electron chi connectivity index (χ2n) is 9.97. The van der Waals surface area contributed by atoms with Crippen LogP contribution in [-0.4, -0.2) is 21.4 Å². The van der Waals surface area contributed by atoms with E-state index in [1.807, 2.05) is 30.3 Å². The standard InChI is InChI=1S/C29H25Cl2N3O3/c30-22-4-2-5-23(31)26(22)27-21(28(37-34-27)17-7-8-17)16-36-19-11-13-29(35,14-12-19)25-10-9-20-18(15-32)3-1-6-24(20)33-25/h1-6,9-10,17,19,35H,7-8,11-14,16H2. The highest BCUT2D eigenvalue weighted by molar-refractivity contribution is 6.39. The van der Waals surface area contributed by atoms with E-state index in [1.54, 1.807) is 18.2 Å². The van der Waals surface area contributed by atoms with Crippen LogP contribution < -0.4 is 0 Å². The van der Waals surface area contributed by atoms with Gasteiger partial charge in [0.25, 0.3) is 0 Å². The summed E-state index contributed by atoms with van der Waals surface area (Å²) < 4.78 is 12.1. The first kappa shape index (κ1) is 24.4. The number of aliphatic hydroxyl groups is 1. The zero-order valence-corrected chi connectivity index (χ0v) is 21.6. The Morgan fingerprint density at radius 3 is 2.46 bits per heavy atom. The van der Waals surface area contributed by atoms with Gasteiger partial charge in [0, 0.05) is 22.4 Å². The molecule has 0 unspecified atom stereocenters. The Balaban J connectivity index is 1.18. The number of pyridine rings is 1. The van der Waals surface area contributed by atoms with E-state index in [-0.39, 0.29) is 6.10 Å². The quantitative estimate of drug-likeness (QED) is 0.279. The average Bonchev–Trinajstić information content (AvgIpc) is 3.68. The molecular formula is C29H25Cl2N3O3. The van der Waals surface area contributed by atoms with Gasteiger partial charge in [-0.1, -0.05) is 40.5 Å². The van der Waals surface area contributed by atoms with Gasteiger partial charge in [-0.15, -0.1) is 0 Å². The molecule has 0 amide bonds. The molecule has 2 fully saturated rings. The van der Waals surface area contributed by atoms with Crippen molar-refractivity contribution in [2.24, 2.45) is 0 Å². The molecule has 2 saturated carbocycles. The van der Waals surface area contributed by atoms with Crippen LogP contribution in [-0.2, 0) is 16.9 Å². The third-order valence-electron chi connectivity index (χ3n) is 7.52. The van der Waals surface area contributed by atoms with Gasteiger partial charge in [0.05, 0.1) is 45.6 Å². The zero-order valence-electron chi connectivity index (χ0n) is 20.1. The summed E-state index contributed by atoms with van der Waals surface area (Å²) in [5, 5.41) is 27.0. The lowest BCUT2D eigenvalue weighted by molar-refractivity contribution is -0.0660. The van der Waals surface area contributed by atoms with Gasteiger partial charge >= 0.3 is 0 Å². The van der Waals surface area contributed by atoms with Crippen LogP contribution in [0.4, 0.5) is 0 Å². The van der Waals surface area contributed by atoms with Gasteiger partial charge in [0.1, 0.15) is 17.1 Å². The SMILES string of the molecule is N#Cc1cccc2nc(C3(O)CCC(OCc4c(-c5c(Cl)cccc5Cl)noc4C4CC4)CC3)ccc12. The number of aromatic nitrogens is 2. The summed E-state index contributed by atoms with van der Waals surface area (Å²) in [6, 6.07) is 16.8. The third kappa shape index (κ3) is 4.62. The van der Waals surface area contributed by atoms with Gasteiger partial charge in [-0.05, 0) is 74.9 Å². The summed E-state index contributed by atoms with van der Waals surface area (Å²) >= 11 is 13.0. The minimum absolute atomic E-state index is 0.0116. The second kappa shape index (κ2) is 9.74. The largest absolute Gasteiger partial charge is 0.384 e. The molecule has 37 heavy (non-hydrogen) atoms. The Morgan fingerprint density at radius 2 is 1.76 bits per heavy atom. The van der Waals surface area contributed by atoms with Crippen LogP contribution in [0.1, 0.15) is 67.0 Å². The van der Waals surface area contributed by atoms with Crippen molar-refractivity contribution in [3.63, 3.8) is 0 Å². The van der Waals surface area contributed by atoms with Crippen molar-refractivity contribution in [1.82, 2.24) is 10.1 Å². The molecule has 4 aromatic rings. The zero-order chi connectivity index (χ0) is 25.6. The first-order valence-electron chi connectivity index (χ1n) is 12.5. The van der Waals surface area contributed by atoms with Crippen molar-refractivity contribution in [1.29, 1.82) is 5.26 Å². The summed E-state index contributed by atoms with van der Waals surface area (Å²) in [5.74, 6) is 1.22. The van der Waals surface area contributed by atoms with Gasteiger partial charge in [-0.25, -0.2) is 4.98 Å². The maximum atomic E-state index is 11.4. The maximum Gasteiger partial charge on any atom is 0.145 e. The minimum Gasteiger partial charge on any atom is -0.384 e. The lowest BCUT2D eigenvalue weighted by Crippen LogP contribution is -2.35. The molecule has 2 aliphatic carbocycles. The maximum absolute atomic E-state index is 11.4. The molecule has 2 aromatic carbocycles. The van der Waals surface area contributed by atoms with E-state index in [9.17, 15) is 10.4 Å². The Labute approximate surface area is 224 Å². The number of nitrogens with zero attached hydrogens (tertiary/aromatic N) is 3. The van der Waals surface area contributed by atoms with E-state index in [1.165, 1.54) is 0 Å². The Morgan fingerprint density at radius 1 is 1.03 bits per heavy atom. The van der Waals surface area contributed by atoms with Gasteiger partial charge in [-0.3, -0.25) is 0 Å². The van der Waals surface area contributed by atoms with Crippen molar-refractivity contribution in [3.05, 3.63) is 81.2 Å². The Kier molecular flexibility index (Phi) is 6.42. The third-order valence-corrected chi connectivity index (χ3v) is 8.15. The molecule has 0 atom stereocenters. The number of hydrogen-bond acceptors (Lipinski definition) is 6. The van der Waals surface area contributed by atoms with Crippen LogP contribution >= 0.6 is 23.2 Å². The lowest BCUT2D eigenvalue weighted by atomic mass is 9.80. The summed E-state index contributed by atoms with van der Waals surface area (Å²) in [6.45, 7) is 0.348. The molecule has 2 aromatic heterocycles.